The molecule has 2 aliphatic rings. The van der Waals surface area contributed by atoms with E-state index in [-0.39, 0.29) is 6.03 Å². The molecule has 2 amide bonds. The Hall–Kier alpha value is -0.810. The van der Waals surface area contributed by atoms with E-state index in [1.54, 1.807) is 0 Å². The van der Waals surface area contributed by atoms with Crippen LogP contribution in [0.5, 0.6) is 0 Å². The Morgan fingerprint density at radius 2 is 1.50 bits per heavy atom. The van der Waals surface area contributed by atoms with Crippen LogP contribution >= 0.6 is 0 Å². The van der Waals surface area contributed by atoms with Crippen LogP contribution in [0.4, 0.5) is 4.79 Å². The van der Waals surface area contributed by atoms with E-state index in [1.807, 2.05) is 4.90 Å². The van der Waals surface area contributed by atoms with Gasteiger partial charge >= 0.3 is 6.03 Å². The minimum atomic E-state index is 0.272. The highest BCUT2D eigenvalue weighted by Crippen LogP contribution is 2.13. The Labute approximate surface area is 123 Å². The third-order valence-electron chi connectivity index (χ3n) is 4.41. The van der Waals surface area contributed by atoms with Crippen molar-refractivity contribution >= 4 is 6.03 Å². The van der Waals surface area contributed by atoms with Crippen molar-refractivity contribution in [3.63, 3.8) is 0 Å². The average molecular weight is 282 g/mol. The molecule has 0 aromatic heterocycles. The summed E-state index contributed by atoms with van der Waals surface area (Å²) in [7, 11) is 0. The molecule has 20 heavy (non-hydrogen) atoms. The SMILES string of the molecule is NCCCCN1CCCN(C(=O)N2CCCCC2)CC1. The molecule has 0 aromatic carbocycles. The molecular weight excluding hydrogens is 252 g/mol. The van der Waals surface area contributed by atoms with E-state index >= 15 is 0 Å². The van der Waals surface area contributed by atoms with Crippen LogP contribution in [0, 0.1) is 0 Å². The average Bonchev–Trinajstić information content (AvgIpc) is 2.73. The second kappa shape index (κ2) is 8.47. The molecule has 0 radical (unpaired) electrons. The molecule has 0 aromatic rings. The van der Waals surface area contributed by atoms with Gasteiger partial charge in [0.15, 0.2) is 0 Å². The van der Waals surface area contributed by atoms with Crippen LogP contribution < -0.4 is 5.73 Å². The molecule has 116 valence electrons. The maximum Gasteiger partial charge on any atom is 0.320 e. The first-order valence-corrected chi connectivity index (χ1v) is 8.27. The molecule has 2 rings (SSSR count). The van der Waals surface area contributed by atoms with Gasteiger partial charge in [-0.15, -0.1) is 0 Å². The van der Waals surface area contributed by atoms with Crippen molar-refractivity contribution in [2.45, 2.75) is 38.5 Å². The van der Waals surface area contributed by atoms with Gasteiger partial charge in [0.05, 0.1) is 0 Å². The minimum Gasteiger partial charge on any atom is -0.330 e. The third kappa shape index (κ3) is 4.63. The predicted octanol–water partition coefficient (Wildman–Crippen LogP) is 1.34. The van der Waals surface area contributed by atoms with E-state index in [0.717, 1.165) is 65.2 Å². The zero-order chi connectivity index (χ0) is 14.2. The van der Waals surface area contributed by atoms with Crippen LogP contribution in [-0.2, 0) is 0 Å². The number of nitrogens with zero attached hydrogens (tertiary/aromatic N) is 3. The lowest BCUT2D eigenvalue weighted by Crippen LogP contribution is -2.46. The van der Waals surface area contributed by atoms with Gasteiger partial charge in [-0.2, -0.15) is 0 Å². The van der Waals surface area contributed by atoms with Gasteiger partial charge in [-0.05, 0) is 58.2 Å². The quantitative estimate of drug-likeness (QED) is 0.792. The highest BCUT2D eigenvalue weighted by atomic mass is 16.2. The molecule has 0 atom stereocenters. The second-order valence-electron chi connectivity index (χ2n) is 6.01. The van der Waals surface area contributed by atoms with E-state index in [1.165, 1.54) is 25.7 Å². The Balaban J connectivity index is 1.75. The first kappa shape index (κ1) is 15.6. The van der Waals surface area contributed by atoms with Crippen molar-refractivity contribution < 1.29 is 4.79 Å². The molecule has 2 saturated heterocycles. The fraction of sp³-hybridized carbons (Fsp3) is 0.933. The monoisotopic (exact) mass is 282 g/mol. The van der Waals surface area contributed by atoms with Crippen molar-refractivity contribution in [1.29, 1.82) is 0 Å². The van der Waals surface area contributed by atoms with Gasteiger partial charge in [-0.1, -0.05) is 0 Å². The molecule has 0 bridgehead atoms. The Kier molecular flexibility index (Phi) is 6.60. The van der Waals surface area contributed by atoms with Crippen molar-refractivity contribution in [3.05, 3.63) is 0 Å². The Morgan fingerprint density at radius 3 is 2.25 bits per heavy atom. The topological polar surface area (TPSA) is 52.8 Å². The fourth-order valence-corrected chi connectivity index (χ4v) is 3.15. The Bertz CT molecular complexity index is 292. The normalized spacial score (nSPS) is 21.9. The number of likely N-dealkylation sites (tertiary alicyclic amines) is 1. The number of hydrogen-bond acceptors (Lipinski definition) is 3. The fourth-order valence-electron chi connectivity index (χ4n) is 3.15. The summed E-state index contributed by atoms with van der Waals surface area (Å²) < 4.78 is 0. The molecule has 0 aliphatic carbocycles. The first-order valence-electron chi connectivity index (χ1n) is 8.27. The van der Waals surface area contributed by atoms with Crippen molar-refractivity contribution in [2.75, 3.05) is 52.4 Å². The molecule has 5 nitrogen and oxygen atoms in total. The minimum absolute atomic E-state index is 0.272. The van der Waals surface area contributed by atoms with Gasteiger partial charge in [-0.25, -0.2) is 4.79 Å². The predicted molar refractivity (Wildman–Crippen MR) is 81.7 cm³/mol. The van der Waals surface area contributed by atoms with Gasteiger partial charge < -0.3 is 20.4 Å². The maximum atomic E-state index is 12.5. The highest BCUT2D eigenvalue weighted by molar-refractivity contribution is 5.74. The molecule has 2 heterocycles. The van der Waals surface area contributed by atoms with Gasteiger partial charge in [0.1, 0.15) is 0 Å². The summed E-state index contributed by atoms with van der Waals surface area (Å²) in [4.78, 5) is 19.1. The van der Waals surface area contributed by atoms with E-state index in [9.17, 15) is 4.79 Å². The number of rotatable bonds is 4. The highest BCUT2D eigenvalue weighted by Gasteiger charge is 2.24. The molecule has 2 fully saturated rings. The smallest absolute Gasteiger partial charge is 0.320 e. The van der Waals surface area contributed by atoms with Crippen molar-refractivity contribution in [1.82, 2.24) is 14.7 Å². The summed E-state index contributed by atoms with van der Waals surface area (Å²) in [5.41, 5.74) is 5.54. The van der Waals surface area contributed by atoms with Gasteiger partial charge in [0, 0.05) is 32.7 Å². The standard InChI is InChI=1S/C15H30N4O/c16-7-2-5-8-17-9-6-12-19(14-13-17)15(20)18-10-3-1-4-11-18/h1-14,16H2. The zero-order valence-corrected chi connectivity index (χ0v) is 12.7. The molecule has 5 heteroatoms. The van der Waals surface area contributed by atoms with E-state index in [0.29, 0.717) is 0 Å². The lowest BCUT2D eigenvalue weighted by Gasteiger charge is -2.32. The summed E-state index contributed by atoms with van der Waals surface area (Å²) in [6.07, 6.45) is 7.00. The number of urea groups is 1. The van der Waals surface area contributed by atoms with E-state index in [2.05, 4.69) is 9.80 Å². The molecule has 0 unspecified atom stereocenters. The zero-order valence-electron chi connectivity index (χ0n) is 12.7. The summed E-state index contributed by atoms with van der Waals surface area (Å²) in [6.45, 7) is 7.76. The summed E-state index contributed by atoms with van der Waals surface area (Å²) >= 11 is 0. The number of piperidine rings is 1. The largest absolute Gasteiger partial charge is 0.330 e. The van der Waals surface area contributed by atoms with Crippen LogP contribution in [0.3, 0.4) is 0 Å². The molecular formula is C15H30N4O. The van der Waals surface area contributed by atoms with E-state index < -0.39 is 0 Å². The van der Waals surface area contributed by atoms with E-state index in [4.69, 9.17) is 5.73 Å². The van der Waals surface area contributed by atoms with Crippen LogP contribution in [0.25, 0.3) is 0 Å². The summed E-state index contributed by atoms with van der Waals surface area (Å²) in [6, 6.07) is 0.272. The summed E-state index contributed by atoms with van der Waals surface area (Å²) in [5, 5.41) is 0. The third-order valence-corrected chi connectivity index (χ3v) is 4.41. The lowest BCUT2D eigenvalue weighted by molar-refractivity contribution is 0.144. The first-order chi connectivity index (χ1) is 9.81. The number of carbonyl (C=O) groups excluding carboxylic acids is 1. The van der Waals surface area contributed by atoms with Crippen molar-refractivity contribution in [2.24, 2.45) is 5.73 Å². The molecule has 0 saturated carbocycles. The van der Waals surface area contributed by atoms with Gasteiger partial charge in [0.25, 0.3) is 0 Å². The van der Waals surface area contributed by atoms with Crippen LogP contribution in [0.15, 0.2) is 0 Å². The Morgan fingerprint density at radius 1 is 0.800 bits per heavy atom. The van der Waals surface area contributed by atoms with Crippen LogP contribution in [0.2, 0.25) is 0 Å². The number of carbonyl (C=O) groups is 1. The molecule has 0 spiro atoms. The molecule has 2 N–H and O–H groups in total. The van der Waals surface area contributed by atoms with Gasteiger partial charge in [0.2, 0.25) is 0 Å². The number of amides is 2. The lowest BCUT2D eigenvalue weighted by atomic mass is 10.1. The number of hydrogen-bond donors (Lipinski definition) is 1. The number of unbranched alkanes of at least 4 members (excludes halogenated alkanes) is 1. The van der Waals surface area contributed by atoms with Crippen LogP contribution in [-0.4, -0.2) is 73.1 Å². The second-order valence-corrected chi connectivity index (χ2v) is 6.01. The molecule has 2 aliphatic heterocycles. The van der Waals surface area contributed by atoms with Gasteiger partial charge in [-0.3, -0.25) is 0 Å². The number of nitrogens with two attached hydrogens (primary N) is 1. The maximum absolute atomic E-state index is 12.5. The summed E-state index contributed by atoms with van der Waals surface area (Å²) in [5.74, 6) is 0. The van der Waals surface area contributed by atoms with Crippen molar-refractivity contribution in [3.8, 4) is 0 Å². The van der Waals surface area contributed by atoms with Crippen LogP contribution in [0.1, 0.15) is 38.5 Å².